The van der Waals surface area contributed by atoms with Gasteiger partial charge in [-0.3, -0.25) is 9.59 Å². The van der Waals surface area contributed by atoms with Crippen molar-refractivity contribution in [2.24, 2.45) is 0 Å². The molecule has 2 aromatic rings. The predicted octanol–water partition coefficient (Wildman–Crippen LogP) is 2.58. The number of rotatable bonds is 8. The summed E-state index contributed by atoms with van der Waals surface area (Å²) in [7, 11) is 1.91. The Kier molecular flexibility index (Phi) is 6.28. The molecule has 124 valence electrons. The largest absolute Gasteiger partial charge is 0.395 e. The van der Waals surface area contributed by atoms with Crippen LogP contribution in [0, 0.1) is 0 Å². The molecular weight excluding hydrogens is 304 g/mol. The lowest BCUT2D eigenvalue weighted by molar-refractivity contribution is -0.105. The molecule has 0 aliphatic rings. The molecule has 5 nitrogen and oxygen atoms in total. The van der Waals surface area contributed by atoms with Crippen LogP contribution in [0.5, 0.6) is 0 Å². The van der Waals surface area contributed by atoms with E-state index in [1.54, 1.807) is 30.3 Å². The van der Waals surface area contributed by atoms with Crippen LogP contribution >= 0.6 is 0 Å². The predicted molar refractivity (Wildman–Crippen MR) is 96.3 cm³/mol. The van der Waals surface area contributed by atoms with Gasteiger partial charge in [0, 0.05) is 30.5 Å². The first-order valence-electron chi connectivity index (χ1n) is 7.59. The number of likely N-dealkylation sites (N-methyl/N-ethyl adjacent to an activating group) is 1. The summed E-state index contributed by atoms with van der Waals surface area (Å²) in [4.78, 5) is 24.4. The van der Waals surface area contributed by atoms with Crippen LogP contribution in [0.25, 0.3) is 6.08 Å². The van der Waals surface area contributed by atoms with E-state index < -0.39 is 0 Å². The second-order valence-corrected chi connectivity index (χ2v) is 5.27. The first kappa shape index (κ1) is 17.4. The minimum Gasteiger partial charge on any atom is -0.395 e. The second-order valence-electron chi connectivity index (χ2n) is 5.27. The lowest BCUT2D eigenvalue weighted by Gasteiger charge is -2.17. The van der Waals surface area contributed by atoms with Crippen molar-refractivity contribution in [2.75, 3.05) is 30.4 Å². The van der Waals surface area contributed by atoms with E-state index in [1.165, 1.54) is 6.08 Å². The van der Waals surface area contributed by atoms with Gasteiger partial charge in [-0.2, -0.15) is 0 Å². The average molecular weight is 324 g/mol. The highest BCUT2D eigenvalue weighted by Gasteiger charge is 2.02. The molecule has 0 aromatic heterocycles. The number of nitrogens with zero attached hydrogens (tertiary/aromatic N) is 1. The Bertz CT molecular complexity index is 706. The van der Waals surface area contributed by atoms with Crippen LogP contribution in [0.3, 0.4) is 0 Å². The van der Waals surface area contributed by atoms with Crippen LogP contribution in [0.2, 0.25) is 0 Å². The van der Waals surface area contributed by atoms with Gasteiger partial charge in [0.05, 0.1) is 6.61 Å². The summed E-state index contributed by atoms with van der Waals surface area (Å²) in [6, 6.07) is 14.4. The van der Waals surface area contributed by atoms with Gasteiger partial charge in [-0.1, -0.05) is 18.2 Å². The highest BCUT2D eigenvalue weighted by molar-refractivity contribution is 6.07. The normalized spacial score (nSPS) is 10.6. The highest BCUT2D eigenvalue weighted by Crippen LogP contribution is 2.15. The van der Waals surface area contributed by atoms with Crippen molar-refractivity contribution in [1.29, 1.82) is 0 Å². The van der Waals surface area contributed by atoms with Gasteiger partial charge in [-0.25, -0.2) is 0 Å². The molecular formula is C19H20N2O3. The van der Waals surface area contributed by atoms with Gasteiger partial charge in [0.15, 0.2) is 5.78 Å². The smallest absolute Gasteiger partial charge is 0.211 e. The zero-order chi connectivity index (χ0) is 17.4. The van der Waals surface area contributed by atoms with E-state index in [1.807, 2.05) is 36.2 Å². The first-order chi connectivity index (χ1) is 11.6. The molecule has 5 heteroatoms. The Morgan fingerprint density at radius 1 is 1.12 bits per heavy atom. The van der Waals surface area contributed by atoms with E-state index in [-0.39, 0.29) is 12.4 Å². The van der Waals surface area contributed by atoms with Crippen LogP contribution < -0.4 is 10.2 Å². The van der Waals surface area contributed by atoms with E-state index in [2.05, 4.69) is 5.32 Å². The molecule has 0 heterocycles. The molecule has 0 bridgehead atoms. The van der Waals surface area contributed by atoms with Gasteiger partial charge in [0.1, 0.15) is 0 Å². The lowest BCUT2D eigenvalue weighted by Crippen LogP contribution is -2.20. The van der Waals surface area contributed by atoms with Gasteiger partial charge in [-0.05, 0) is 48.0 Å². The Morgan fingerprint density at radius 2 is 1.79 bits per heavy atom. The van der Waals surface area contributed by atoms with Crippen LogP contribution in [0.15, 0.2) is 54.6 Å². The van der Waals surface area contributed by atoms with Crippen molar-refractivity contribution < 1.29 is 14.7 Å². The number of ketones is 1. The molecule has 0 unspecified atom stereocenters. The molecule has 0 saturated carbocycles. The maximum Gasteiger partial charge on any atom is 0.211 e. The maximum absolute atomic E-state index is 12.1. The molecule has 0 fully saturated rings. The number of aliphatic hydroxyl groups excluding tert-OH is 1. The van der Waals surface area contributed by atoms with E-state index in [0.717, 1.165) is 11.3 Å². The number of benzene rings is 2. The molecule has 0 aliphatic heterocycles. The Morgan fingerprint density at radius 3 is 2.38 bits per heavy atom. The number of hydrogen-bond acceptors (Lipinski definition) is 4. The number of nitrogens with one attached hydrogen (secondary N) is 1. The average Bonchev–Trinajstić information content (AvgIpc) is 2.61. The van der Waals surface area contributed by atoms with Crippen molar-refractivity contribution >= 4 is 29.6 Å². The Balaban J connectivity index is 2.01. The van der Waals surface area contributed by atoms with E-state index in [9.17, 15) is 9.59 Å². The van der Waals surface area contributed by atoms with Gasteiger partial charge in [0.25, 0.3) is 0 Å². The molecule has 2 rings (SSSR count). The zero-order valence-electron chi connectivity index (χ0n) is 13.5. The number of carbonyl (C=O) groups excluding carboxylic acids is 2. The summed E-state index contributed by atoms with van der Waals surface area (Å²) < 4.78 is 0. The van der Waals surface area contributed by atoms with Crippen molar-refractivity contribution in [3.8, 4) is 0 Å². The van der Waals surface area contributed by atoms with Crippen LogP contribution in [-0.4, -0.2) is 37.5 Å². The third kappa shape index (κ3) is 4.79. The molecule has 2 aromatic carbocycles. The molecule has 0 atom stereocenters. The standard InChI is InChI=1S/C19H20N2O3/c1-21(12-13-22)18-9-2-15(3-10-18)4-11-19(24)16-5-7-17(8-6-16)20-14-23/h2-11,14,22H,12-13H2,1H3,(H,20,23)/b11-4+. The lowest BCUT2D eigenvalue weighted by atomic mass is 10.1. The Hall–Kier alpha value is -2.92. The summed E-state index contributed by atoms with van der Waals surface area (Å²) in [5.74, 6) is -0.103. The molecule has 0 aliphatic carbocycles. The molecule has 1 amide bonds. The van der Waals surface area contributed by atoms with Gasteiger partial charge < -0.3 is 15.3 Å². The fraction of sp³-hybridized carbons (Fsp3) is 0.158. The summed E-state index contributed by atoms with van der Waals surface area (Å²) in [5, 5.41) is 11.5. The number of carbonyl (C=O) groups is 2. The third-order valence-corrected chi connectivity index (χ3v) is 3.59. The van der Waals surface area contributed by atoms with Gasteiger partial charge >= 0.3 is 0 Å². The maximum atomic E-state index is 12.1. The summed E-state index contributed by atoms with van der Waals surface area (Å²) in [5.41, 5.74) is 3.13. The number of allylic oxidation sites excluding steroid dienone is 1. The second kappa shape index (κ2) is 8.64. The van der Waals surface area contributed by atoms with E-state index in [4.69, 9.17) is 5.11 Å². The fourth-order valence-corrected chi connectivity index (χ4v) is 2.19. The first-order valence-corrected chi connectivity index (χ1v) is 7.59. The molecule has 0 radical (unpaired) electrons. The third-order valence-electron chi connectivity index (χ3n) is 3.59. The molecule has 24 heavy (non-hydrogen) atoms. The SMILES string of the molecule is CN(CCO)c1ccc(/C=C/C(=O)c2ccc(NC=O)cc2)cc1. The molecule has 0 saturated heterocycles. The topological polar surface area (TPSA) is 69.6 Å². The Labute approximate surface area is 141 Å². The van der Waals surface area contributed by atoms with Crippen molar-refractivity contribution in [3.63, 3.8) is 0 Å². The summed E-state index contributed by atoms with van der Waals surface area (Å²) in [6.07, 6.45) is 3.88. The molecule has 0 spiro atoms. The number of aliphatic hydroxyl groups is 1. The van der Waals surface area contributed by atoms with Gasteiger partial charge in [-0.15, -0.1) is 0 Å². The van der Waals surface area contributed by atoms with E-state index >= 15 is 0 Å². The quantitative estimate of drug-likeness (QED) is 0.445. The number of anilines is 2. The number of amides is 1. The zero-order valence-corrected chi connectivity index (χ0v) is 13.5. The van der Waals surface area contributed by atoms with Crippen molar-refractivity contribution in [2.45, 2.75) is 0 Å². The van der Waals surface area contributed by atoms with Crippen LogP contribution in [0.4, 0.5) is 11.4 Å². The minimum atomic E-state index is -0.103. The van der Waals surface area contributed by atoms with Crippen molar-refractivity contribution in [1.82, 2.24) is 0 Å². The molecule has 2 N–H and O–H groups in total. The van der Waals surface area contributed by atoms with Gasteiger partial charge in [0.2, 0.25) is 6.41 Å². The monoisotopic (exact) mass is 324 g/mol. The highest BCUT2D eigenvalue weighted by atomic mass is 16.3. The fourth-order valence-electron chi connectivity index (χ4n) is 2.19. The van der Waals surface area contributed by atoms with Crippen LogP contribution in [-0.2, 0) is 4.79 Å². The summed E-state index contributed by atoms with van der Waals surface area (Å²) in [6.45, 7) is 0.677. The minimum absolute atomic E-state index is 0.103. The summed E-state index contributed by atoms with van der Waals surface area (Å²) >= 11 is 0. The van der Waals surface area contributed by atoms with E-state index in [0.29, 0.717) is 24.2 Å². The number of hydrogen-bond donors (Lipinski definition) is 2. The van der Waals surface area contributed by atoms with Crippen LogP contribution in [0.1, 0.15) is 15.9 Å². The van der Waals surface area contributed by atoms with Crippen molar-refractivity contribution in [3.05, 3.63) is 65.7 Å².